The van der Waals surface area contributed by atoms with E-state index in [0.29, 0.717) is 0 Å². The highest BCUT2D eigenvalue weighted by molar-refractivity contribution is 5.06. The van der Waals surface area contributed by atoms with Gasteiger partial charge in [0.2, 0.25) is 0 Å². The van der Waals surface area contributed by atoms with Crippen LogP contribution in [0, 0.1) is 10.1 Å². The average Bonchev–Trinajstić information content (AvgIpc) is 2.47. The van der Waals surface area contributed by atoms with Crippen molar-refractivity contribution in [1.82, 2.24) is 9.55 Å². The highest BCUT2D eigenvalue weighted by atomic mass is 16.6. The number of rotatable bonds is 4. The molecule has 1 rings (SSSR count). The molecule has 0 atom stereocenters. The van der Waals surface area contributed by atoms with E-state index in [4.69, 9.17) is 10.2 Å². The molecule has 7 heteroatoms. The number of hydrogen-bond donors (Lipinski definition) is 2. The Kier molecular flexibility index (Phi) is 2.93. The third-order valence-electron chi connectivity index (χ3n) is 1.49. The highest BCUT2D eigenvalue weighted by Gasteiger charge is 2.13. The van der Waals surface area contributed by atoms with E-state index < -0.39 is 11.2 Å². The summed E-state index contributed by atoms with van der Waals surface area (Å²) >= 11 is 0. The van der Waals surface area contributed by atoms with Crippen molar-refractivity contribution in [1.29, 1.82) is 0 Å². The molecule has 0 aliphatic carbocycles. The molecule has 72 valence electrons. The first kappa shape index (κ1) is 9.62. The summed E-state index contributed by atoms with van der Waals surface area (Å²) in [4.78, 5) is 13.2. The zero-order valence-electron chi connectivity index (χ0n) is 6.70. The molecule has 0 unspecified atom stereocenters. The average molecular weight is 187 g/mol. The van der Waals surface area contributed by atoms with Crippen molar-refractivity contribution in [2.45, 2.75) is 19.3 Å². The molecule has 0 saturated carbocycles. The van der Waals surface area contributed by atoms with Crippen molar-refractivity contribution in [2.75, 3.05) is 0 Å². The summed E-state index contributed by atoms with van der Waals surface area (Å²) in [7, 11) is 0. The molecular formula is C6H9N3O4. The van der Waals surface area contributed by atoms with E-state index in [1.807, 2.05) is 0 Å². The van der Waals surface area contributed by atoms with E-state index in [9.17, 15) is 10.1 Å². The lowest BCUT2D eigenvalue weighted by molar-refractivity contribution is -0.396. The normalized spacial score (nSPS) is 10.7. The van der Waals surface area contributed by atoms with E-state index in [0.717, 1.165) is 0 Å². The van der Waals surface area contributed by atoms with Gasteiger partial charge < -0.3 is 20.3 Å². The van der Waals surface area contributed by atoms with Crippen LogP contribution in [0.3, 0.4) is 0 Å². The lowest BCUT2D eigenvalue weighted by Gasteiger charge is -2.02. The van der Waals surface area contributed by atoms with Crippen molar-refractivity contribution in [3.8, 4) is 0 Å². The van der Waals surface area contributed by atoms with Crippen LogP contribution in [0.5, 0.6) is 0 Å². The van der Waals surface area contributed by atoms with Crippen LogP contribution in [0.2, 0.25) is 0 Å². The molecule has 7 nitrogen and oxygen atoms in total. The largest absolute Gasteiger partial charge is 0.434 e. The summed E-state index contributed by atoms with van der Waals surface area (Å²) in [5, 5.41) is 27.4. The van der Waals surface area contributed by atoms with Crippen molar-refractivity contribution in [2.24, 2.45) is 0 Å². The number of aryl methyl sites for hydroxylation is 1. The van der Waals surface area contributed by atoms with E-state index in [-0.39, 0.29) is 18.9 Å². The molecular weight excluding hydrogens is 178 g/mol. The van der Waals surface area contributed by atoms with E-state index >= 15 is 0 Å². The van der Waals surface area contributed by atoms with Crippen LogP contribution >= 0.6 is 0 Å². The Labute approximate surface area is 73.4 Å². The summed E-state index contributed by atoms with van der Waals surface area (Å²) in [6, 6.07) is 0. The van der Waals surface area contributed by atoms with Gasteiger partial charge in [-0.05, 0) is 4.92 Å². The minimum Gasteiger partial charge on any atom is -0.390 e. The van der Waals surface area contributed by atoms with Gasteiger partial charge >= 0.3 is 5.95 Å². The molecule has 0 spiro atoms. The van der Waals surface area contributed by atoms with Gasteiger partial charge in [0, 0.05) is 6.42 Å². The van der Waals surface area contributed by atoms with Crippen molar-refractivity contribution >= 4 is 5.95 Å². The minimum atomic E-state index is -1.46. The first-order valence-electron chi connectivity index (χ1n) is 3.63. The van der Waals surface area contributed by atoms with E-state index in [2.05, 4.69) is 4.98 Å². The van der Waals surface area contributed by atoms with Gasteiger partial charge in [-0.25, -0.2) is 4.57 Å². The molecule has 1 aromatic heterocycles. The predicted molar refractivity (Wildman–Crippen MR) is 41.7 cm³/mol. The SMILES string of the molecule is O=[N+]([O-])c1nccn1CCC(O)O. The number of aromatic nitrogens is 2. The molecule has 2 N–H and O–H groups in total. The molecule has 0 amide bonds. The molecule has 13 heavy (non-hydrogen) atoms. The first-order chi connectivity index (χ1) is 6.11. The molecule has 1 heterocycles. The van der Waals surface area contributed by atoms with Gasteiger partial charge in [0.25, 0.3) is 0 Å². The fourth-order valence-electron chi connectivity index (χ4n) is 0.902. The van der Waals surface area contributed by atoms with Gasteiger partial charge in [0.1, 0.15) is 12.4 Å². The molecule has 0 bridgehead atoms. The second-order valence-corrected chi connectivity index (χ2v) is 2.45. The fourth-order valence-corrected chi connectivity index (χ4v) is 0.902. The third-order valence-corrected chi connectivity index (χ3v) is 1.49. The monoisotopic (exact) mass is 187 g/mol. The highest BCUT2D eigenvalue weighted by Crippen LogP contribution is 2.08. The third kappa shape index (κ3) is 2.49. The van der Waals surface area contributed by atoms with E-state index in [1.165, 1.54) is 17.0 Å². The Hall–Kier alpha value is -1.47. The first-order valence-corrected chi connectivity index (χ1v) is 3.63. The maximum atomic E-state index is 10.3. The molecule has 0 aliphatic heterocycles. The molecule has 0 saturated heterocycles. The summed E-state index contributed by atoms with van der Waals surface area (Å²) in [5.74, 6) is -0.291. The zero-order chi connectivity index (χ0) is 9.84. The van der Waals surface area contributed by atoms with Gasteiger partial charge in [-0.1, -0.05) is 4.98 Å². The van der Waals surface area contributed by atoms with Gasteiger partial charge in [-0.15, -0.1) is 0 Å². The van der Waals surface area contributed by atoms with Gasteiger partial charge in [0.15, 0.2) is 6.29 Å². The Morgan fingerprint density at radius 1 is 1.69 bits per heavy atom. The lowest BCUT2D eigenvalue weighted by atomic mass is 10.4. The number of hydrogen-bond acceptors (Lipinski definition) is 5. The second kappa shape index (κ2) is 3.97. The Morgan fingerprint density at radius 2 is 2.38 bits per heavy atom. The number of nitrogens with zero attached hydrogens (tertiary/aromatic N) is 3. The van der Waals surface area contributed by atoms with Crippen LogP contribution in [0.1, 0.15) is 6.42 Å². The summed E-state index contributed by atoms with van der Waals surface area (Å²) in [6.45, 7) is 0.161. The number of aliphatic hydroxyl groups excluding tert-OH is 1. The lowest BCUT2D eigenvalue weighted by Crippen LogP contribution is -2.10. The molecule has 0 aliphatic rings. The van der Waals surface area contributed by atoms with Crippen LogP contribution in [-0.2, 0) is 6.54 Å². The van der Waals surface area contributed by atoms with Gasteiger partial charge in [0.05, 0.1) is 6.54 Å². The maximum absolute atomic E-state index is 10.3. The standard InChI is InChI=1S/C6H9N3O4/c10-5(11)1-3-8-4-2-7-6(8)9(12)13/h2,4-5,10-11H,1,3H2. The summed E-state index contributed by atoms with van der Waals surface area (Å²) in [5.41, 5.74) is 0. The predicted octanol–water partition coefficient (Wildman–Crippen LogP) is -0.508. The van der Waals surface area contributed by atoms with Crippen LogP contribution < -0.4 is 0 Å². The molecule has 1 aromatic rings. The van der Waals surface area contributed by atoms with Crippen LogP contribution in [0.15, 0.2) is 12.4 Å². The maximum Gasteiger partial charge on any atom is 0.434 e. The minimum absolute atomic E-state index is 0.0389. The number of aliphatic hydroxyl groups is 2. The zero-order valence-corrected chi connectivity index (χ0v) is 6.70. The molecule has 0 aromatic carbocycles. The summed E-state index contributed by atoms with van der Waals surface area (Å²) < 4.78 is 1.25. The van der Waals surface area contributed by atoms with Crippen LogP contribution in [0.25, 0.3) is 0 Å². The van der Waals surface area contributed by atoms with Crippen molar-refractivity contribution in [3.63, 3.8) is 0 Å². The van der Waals surface area contributed by atoms with Gasteiger partial charge in [-0.3, -0.25) is 0 Å². The van der Waals surface area contributed by atoms with Crippen LogP contribution in [-0.4, -0.2) is 31.0 Å². The number of imidazole rings is 1. The van der Waals surface area contributed by atoms with Crippen molar-refractivity contribution < 1.29 is 15.1 Å². The Morgan fingerprint density at radius 3 is 2.92 bits per heavy atom. The van der Waals surface area contributed by atoms with E-state index in [1.54, 1.807) is 0 Å². The van der Waals surface area contributed by atoms with Crippen LogP contribution in [0.4, 0.5) is 5.95 Å². The quantitative estimate of drug-likeness (QED) is 0.375. The molecule has 0 radical (unpaired) electrons. The fraction of sp³-hybridized carbons (Fsp3) is 0.500. The summed E-state index contributed by atoms with van der Waals surface area (Å²) in [6.07, 6.45) is 1.29. The second-order valence-electron chi connectivity index (χ2n) is 2.45. The Bertz CT molecular complexity index is 296. The molecule has 0 fully saturated rings. The Balaban J connectivity index is 2.65. The smallest absolute Gasteiger partial charge is 0.390 e. The topological polar surface area (TPSA) is 101 Å². The van der Waals surface area contributed by atoms with Crippen molar-refractivity contribution in [3.05, 3.63) is 22.5 Å². The number of nitro groups is 1. The van der Waals surface area contributed by atoms with Gasteiger partial charge in [-0.2, -0.15) is 0 Å².